The van der Waals surface area contributed by atoms with Crippen LogP contribution in [0.4, 0.5) is 0 Å². The van der Waals surface area contributed by atoms with E-state index in [9.17, 15) is 14.4 Å². The number of rotatable bonds is 5. The summed E-state index contributed by atoms with van der Waals surface area (Å²) in [5.74, 6) is -1.60. The van der Waals surface area contributed by atoms with Crippen LogP contribution in [-0.2, 0) is 28.6 Å². The Morgan fingerprint density at radius 3 is 2.50 bits per heavy atom. The Morgan fingerprint density at radius 1 is 1.17 bits per heavy atom. The molecule has 0 radical (unpaired) electrons. The fraction of sp³-hybridized carbons (Fsp3) is 0.409. The molecule has 1 aliphatic carbocycles. The number of allylic oxidation sites excluding steroid dienone is 1. The molecule has 0 saturated carbocycles. The molecule has 158 valence electrons. The van der Waals surface area contributed by atoms with Crippen molar-refractivity contribution in [3.8, 4) is 5.75 Å². The second-order valence-corrected chi connectivity index (χ2v) is 7.06. The number of ether oxygens (including phenoxy) is 4. The molecule has 0 aromatic heterocycles. The van der Waals surface area contributed by atoms with Crippen molar-refractivity contribution in [1.29, 1.82) is 0 Å². The minimum absolute atomic E-state index is 0.00615. The predicted molar refractivity (Wildman–Crippen MR) is 105 cm³/mol. The zero-order valence-electron chi connectivity index (χ0n) is 17.1. The molecule has 2 aliphatic heterocycles. The highest BCUT2D eigenvalue weighted by Crippen LogP contribution is 2.50. The van der Waals surface area contributed by atoms with Gasteiger partial charge < -0.3 is 23.8 Å². The van der Waals surface area contributed by atoms with E-state index in [0.29, 0.717) is 23.4 Å². The molecule has 0 unspecified atom stereocenters. The molecule has 0 fully saturated rings. The number of nitrogens with zero attached hydrogens (tertiary/aromatic N) is 1. The minimum Gasteiger partial charge on any atom is -0.497 e. The normalized spacial score (nSPS) is 21.0. The Kier molecular flexibility index (Phi) is 5.11. The van der Waals surface area contributed by atoms with Crippen LogP contribution < -0.4 is 4.74 Å². The average molecular weight is 413 g/mol. The van der Waals surface area contributed by atoms with Crippen molar-refractivity contribution < 1.29 is 33.3 Å². The van der Waals surface area contributed by atoms with E-state index in [1.807, 2.05) is 18.2 Å². The molecule has 1 atom stereocenters. The van der Waals surface area contributed by atoms with E-state index < -0.39 is 23.8 Å². The van der Waals surface area contributed by atoms with Crippen molar-refractivity contribution in [2.75, 3.05) is 20.3 Å². The predicted octanol–water partition coefficient (Wildman–Crippen LogP) is 2.49. The van der Waals surface area contributed by atoms with Gasteiger partial charge in [-0.15, -0.1) is 0 Å². The molecule has 8 nitrogen and oxygen atoms in total. The Balaban J connectivity index is 1.94. The van der Waals surface area contributed by atoms with Crippen LogP contribution in [0.1, 0.15) is 44.0 Å². The van der Waals surface area contributed by atoms with Gasteiger partial charge in [-0.2, -0.15) is 0 Å². The molecular weight excluding hydrogens is 390 g/mol. The molecule has 30 heavy (non-hydrogen) atoms. The van der Waals surface area contributed by atoms with Crippen molar-refractivity contribution in [3.05, 3.63) is 46.8 Å². The van der Waals surface area contributed by atoms with E-state index in [1.165, 1.54) is 0 Å². The van der Waals surface area contributed by atoms with Crippen LogP contribution in [0.15, 0.2) is 35.7 Å². The Morgan fingerprint density at radius 2 is 1.87 bits per heavy atom. The van der Waals surface area contributed by atoms with E-state index in [4.69, 9.17) is 18.9 Å². The number of benzene rings is 1. The number of ketones is 1. The maximum Gasteiger partial charge on any atom is 0.355 e. The molecule has 0 N–H and O–H groups in total. The van der Waals surface area contributed by atoms with Crippen molar-refractivity contribution >= 4 is 23.8 Å². The number of esters is 2. The van der Waals surface area contributed by atoms with Gasteiger partial charge in [-0.1, -0.05) is 6.07 Å². The fourth-order valence-corrected chi connectivity index (χ4v) is 4.16. The topological polar surface area (TPSA) is 91.4 Å². The van der Waals surface area contributed by atoms with Gasteiger partial charge in [0.05, 0.1) is 25.9 Å². The summed E-state index contributed by atoms with van der Waals surface area (Å²) < 4.78 is 22.0. The maximum atomic E-state index is 13.1. The molecule has 0 spiro atoms. The third-order valence-electron chi connectivity index (χ3n) is 5.46. The highest BCUT2D eigenvalue weighted by Gasteiger charge is 2.63. The quantitative estimate of drug-likeness (QED) is 0.537. The second kappa shape index (κ2) is 7.60. The number of fused-ring (bicyclic) bond motifs is 4. The van der Waals surface area contributed by atoms with Crippen molar-refractivity contribution in [3.63, 3.8) is 0 Å². The van der Waals surface area contributed by atoms with Gasteiger partial charge in [0, 0.05) is 23.9 Å². The van der Waals surface area contributed by atoms with E-state index in [-0.39, 0.29) is 31.0 Å². The second-order valence-electron chi connectivity index (χ2n) is 7.06. The van der Waals surface area contributed by atoms with Crippen molar-refractivity contribution in [2.45, 2.75) is 38.5 Å². The van der Waals surface area contributed by atoms with Gasteiger partial charge in [0.15, 0.2) is 12.0 Å². The SMILES string of the molecule is CCOC(=O)C1(C(=O)OCC)O[C@@H]2c3cc(OC)ccc3C=CN2C2=C1C(=O)CC2. The van der Waals surface area contributed by atoms with Gasteiger partial charge in [0.1, 0.15) is 5.75 Å². The highest BCUT2D eigenvalue weighted by molar-refractivity contribution is 6.18. The number of Topliss-reactive ketones (excluding diaryl/α,β-unsaturated/α-hetero) is 1. The highest BCUT2D eigenvalue weighted by atomic mass is 16.6. The molecule has 3 aliphatic rings. The molecule has 1 aromatic rings. The summed E-state index contributed by atoms with van der Waals surface area (Å²) in [7, 11) is 1.55. The van der Waals surface area contributed by atoms with Gasteiger partial charge in [-0.05, 0) is 44.0 Å². The molecular formula is C22H23NO7. The summed E-state index contributed by atoms with van der Waals surface area (Å²) in [5, 5.41) is 0. The smallest absolute Gasteiger partial charge is 0.355 e. The van der Waals surface area contributed by atoms with Crippen LogP contribution in [0.3, 0.4) is 0 Å². The number of hydrogen-bond acceptors (Lipinski definition) is 8. The van der Waals surface area contributed by atoms with E-state index in [2.05, 4.69) is 0 Å². The van der Waals surface area contributed by atoms with Crippen LogP contribution in [-0.4, -0.2) is 48.5 Å². The first-order valence-electron chi connectivity index (χ1n) is 9.91. The maximum absolute atomic E-state index is 13.1. The summed E-state index contributed by atoms with van der Waals surface area (Å²) in [5.41, 5.74) is -0.122. The molecule has 2 heterocycles. The summed E-state index contributed by atoms with van der Waals surface area (Å²) >= 11 is 0. The molecule has 0 bridgehead atoms. The third kappa shape index (κ3) is 2.82. The van der Waals surface area contributed by atoms with Crippen LogP contribution >= 0.6 is 0 Å². The number of methoxy groups -OCH3 is 1. The van der Waals surface area contributed by atoms with E-state index in [0.717, 1.165) is 5.56 Å². The van der Waals surface area contributed by atoms with Crippen molar-refractivity contribution in [1.82, 2.24) is 4.90 Å². The van der Waals surface area contributed by atoms with Gasteiger partial charge in [0.2, 0.25) is 0 Å². The first-order chi connectivity index (χ1) is 14.5. The summed E-state index contributed by atoms with van der Waals surface area (Å²) in [6.07, 6.45) is 3.44. The summed E-state index contributed by atoms with van der Waals surface area (Å²) in [4.78, 5) is 40.9. The largest absolute Gasteiger partial charge is 0.497 e. The third-order valence-corrected chi connectivity index (χ3v) is 5.46. The lowest BCUT2D eigenvalue weighted by Gasteiger charge is -2.45. The van der Waals surface area contributed by atoms with Gasteiger partial charge in [0.25, 0.3) is 5.60 Å². The van der Waals surface area contributed by atoms with E-state index in [1.54, 1.807) is 38.1 Å². The number of carbonyl (C=O) groups excluding carboxylic acids is 3. The lowest BCUT2D eigenvalue weighted by atomic mass is 9.87. The van der Waals surface area contributed by atoms with Crippen LogP contribution in [0.2, 0.25) is 0 Å². The zero-order chi connectivity index (χ0) is 21.5. The summed E-state index contributed by atoms with van der Waals surface area (Å²) in [6.45, 7) is 3.31. The molecule has 8 heteroatoms. The lowest BCUT2D eigenvalue weighted by Crippen LogP contribution is -2.58. The lowest BCUT2D eigenvalue weighted by molar-refractivity contribution is -0.205. The van der Waals surface area contributed by atoms with E-state index >= 15 is 0 Å². The first kappa shape index (κ1) is 20.2. The molecule has 4 rings (SSSR count). The monoisotopic (exact) mass is 413 g/mol. The van der Waals surface area contributed by atoms with Gasteiger partial charge in [-0.25, -0.2) is 9.59 Å². The number of hydrogen-bond donors (Lipinski definition) is 0. The van der Waals surface area contributed by atoms with Crippen LogP contribution in [0.5, 0.6) is 5.75 Å². The van der Waals surface area contributed by atoms with Gasteiger partial charge in [-0.3, -0.25) is 4.79 Å². The van der Waals surface area contributed by atoms with Crippen molar-refractivity contribution in [2.24, 2.45) is 0 Å². The number of carbonyl (C=O) groups is 3. The standard InChI is InChI=1S/C22H23NO7/c1-4-28-20(25)22(21(26)29-5-2)18-16(8-9-17(18)24)23-11-10-13-6-7-14(27-3)12-15(13)19(23)30-22/h6-7,10-12,19H,4-5,8-9H2,1-3H3/t19-/m1/s1. The Bertz CT molecular complexity index is 960. The Hall–Kier alpha value is -3.13. The molecule has 0 amide bonds. The Labute approximate surface area is 174 Å². The van der Waals surface area contributed by atoms with Crippen LogP contribution in [0, 0.1) is 0 Å². The van der Waals surface area contributed by atoms with Crippen LogP contribution in [0.25, 0.3) is 6.08 Å². The summed E-state index contributed by atoms with van der Waals surface area (Å²) in [6, 6.07) is 5.47. The zero-order valence-corrected chi connectivity index (χ0v) is 17.1. The fourth-order valence-electron chi connectivity index (χ4n) is 4.16. The minimum atomic E-state index is -2.26. The average Bonchev–Trinajstić information content (AvgIpc) is 3.15. The molecule has 1 aromatic carbocycles. The molecule has 0 saturated heterocycles. The first-order valence-corrected chi connectivity index (χ1v) is 9.91. The van der Waals surface area contributed by atoms with Gasteiger partial charge >= 0.3 is 11.9 Å².